The summed E-state index contributed by atoms with van der Waals surface area (Å²) >= 11 is 0. The van der Waals surface area contributed by atoms with Crippen LogP contribution in [0.5, 0.6) is 0 Å². The number of nitrogen functional groups attached to an aromatic ring is 1. The molecule has 4 N–H and O–H groups in total. The van der Waals surface area contributed by atoms with Gasteiger partial charge in [0.2, 0.25) is 17.7 Å². The Labute approximate surface area is 199 Å². The molecule has 12 heteroatoms. The highest BCUT2D eigenvalue weighted by atomic mass is 16.3. The number of anilines is 2. The van der Waals surface area contributed by atoms with Crippen LogP contribution in [0.3, 0.4) is 0 Å². The number of amides is 1. The summed E-state index contributed by atoms with van der Waals surface area (Å²) in [5.74, 6) is 0.851. The van der Waals surface area contributed by atoms with Crippen molar-refractivity contribution in [1.29, 1.82) is 0 Å². The molecule has 0 radical (unpaired) electrons. The molecule has 1 amide bonds. The van der Waals surface area contributed by atoms with E-state index in [1.54, 1.807) is 36.7 Å². The molecule has 4 aromatic heterocycles. The van der Waals surface area contributed by atoms with E-state index in [0.717, 1.165) is 43.8 Å². The van der Waals surface area contributed by atoms with Gasteiger partial charge in [-0.3, -0.25) is 9.69 Å². The Bertz CT molecular complexity index is 1500. The van der Waals surface area contributed by atoms with Crippen LogP contribution in [-0.4, -0.2) is 72.9 Å². The van der Waals surface area contributed by atoms with E-state index in [9.17, 15) is 4.79 Å². The first-order valence-corrected chi connectivity index (χ1v) is 11.4. The van der Waals surface area contributed by atoms with E-state index in [1.807, 2.05) is 16.8 Å². The Hall–Kier alpha value is -4.45. The van der Waals surface area contributed by atoms with Crippen molar-refractivity contribution in [3.05, 3.63) is 54.4 Å². The SMILES string of the molecule is NC(=O)c1ccc(N2CCN(CCn3ncc4c3nc(N)n3nc(-c5ccco5)nc43)CC2)cc1. The van der Waals surface area contributed by atoms with E-state index in [0.29, 0.717) is 35.0 Å². The van der Waals surface area contributed by atoms with Crippen molar-refractivity contribution < 1.29 is 9.21 Å². The molecule has 1 fully saturated rings. The fourth-order valence-electron chi connectivity index (χ4n) is 4.43. The quantitative estimate of drug-likeness (QED) is 0.372. The van der Waals surface area contributed by atoms with Gasteiger partial charge in [-0.2, -0.15) is 14.6 Å². The molecule has 0 saturated carbocycles. The van der Waals surface area contributed by atoms with Gasteiger partial charge in [-0.05, 0) is 36.4 Å². The maximum absolute atomic E-state index is 11.3. The second-order valence-electron chi connectivity index (χ2n) is 8.46. The summed E-state index contributed by atoms with van der Waals surface area (Å²) in [5.41, 5.74) is 14.4. The number of carbonyl (C=O) groups excluding carboxylic acids is 1. The van der Waals surface area contributed by atoms with E-state index in [-0.39, 0.29) is 5.95 Å². The number of hydrogen-bond donors (Lipinski definition) is 2. The first-order chi connectivity index (χ1) is 17.1. The Morgan fingerprint density at radius 1 is 1.00 bits per heavy atom. The van der Waals surface area contributed by atoms with E-state index >= 15 is 0 Å². The largest absolute Gasteiger partial charge is 0.461 e. The van der Waals surface area contributed by atoms with E-state index in [4.69, 9.17) is 15.9 Å². The first kappa shape index (κ1) is 21.1. The third kappa shape index (κ3) is 3.83. The van der Waals surface area contributed by atoms with Crippen molar-refractivity contribution >= 4 is 34.2 Å². The molecular weight excluding hydrogens is 448 g/mol. The summed E-state index contributed by atoms with van der Waals surface area (Å²) in [7, 11) is 0. The summed E-state index contributed by atoms with van der Waals surface area (Å²) in [4.78, 5) is 25.1. The van der Waals surface area contributed by atoms with Gasteiger partial charge in [0, 0.05) is 44.0 Å². The molecule has 0 spiro atoms. The van der Waals surface area contributed by atoms with Crippen molar-refractivity contribution in [2.45, 2.75) is 6.54 Å². The molecule has 0 unspecified atom stereocenters. The second-order valence-corrected chi connectivity index (χ2v) is 8.46. The van der Waals surface area contributed by atoms with E-state index in [1.165, 1.54) is 4.52 Å². The smallest absolute Gasteiger partial charge is 0.248 e. The zero-order valence-corrected chi connectivity index (χ0v) is 18.9. The lowest BCUT2D eigenvalue weighted by molar-refractivity contribution is 0.100. The summed E-state index contributed by atoms with van der Waals surface area (Å²) in [6.45, 7) is 5.16. The third-order valence-electron chi connectivity index (χ3n) is 6.36. The number of nitrogens with zero attached hydrogens (tertiary/aromatic N) is 8. The van der Waals surface area contributed by atoms with Crippen LogP contribution in [0.1, 0.15) is 10.4 Å². The number of piperazine rings is 1. The van der Waals surface area contributed by atoms with Crippen LogP contribution in [-0.2, 0) is 6.54 Å². The monoisotopic (exact) mass is 472 g/mol. The maximum Gasteiger partial charge on any atom is 0.248 e. The molecule has 1 aliphatic rings. The van der Waals surface area contributed by atoms with Gasteiger partial charge in [0.1, 0.15) is 0 Å². The number of rotatable bonds is 6. The van der Waals surface area contributed by atoms with Crippen LogP contribution >= 0.6 is 0 Å². The third-order valence-corrected chi connectivity index (χ3v) is 6.36. The van der Waals surface area contributed by atoms with Crippen LogP contribution < -0.4 is 16.4 Å². The van der Waals surface area contributed by atoms with Gasteiger partial charge in [-0.25, -0.2) is 9.67 Å². The highest BCUT2D eigenvalue weighted by molar-refractivity contribution is 5.93. The van der Waals surface area contributed by atoms with Crippen LogP contribution in [0, 0.1) is 0 Å². The molecule has 1 aliphatic heterocycles. The molecular formula is C23H24N10O2. The van der Waals surface area contributed by atoms with Crippen LogP contribution in [0.15, 0.2) is 53.3 Å². The molecule has 5 heterocycles. The number of hydrogen-bond acceptors (Lipinski definition) is 9. The number of nitrogens with two attached hydrogens (primary N) is 2. The van der Waals surface area contributed by atoms with E-state index < -0.39 is 5.91 Å². The predicted octanol–water partition coefficient (Wildman–Crippen LogP) is 1.24. The molecule has 1 saturated heterocycles. The fraction of sp³-hybridized carbons (Fsp3) is 0.261. The number of aromatic nitrogens is 6. The molecule has 0 bridgehead atoms. The van der Waals surface area contributed by atoms with E-state index in [2.05, 4.69) is 30.0 Å². The molecule has 5 aromatic rings. The van der Waals surface area contributed by atoms with Gasteiger partial charge in [-0.1, -0.05) is 0 Å². The molecule has 1 aromatic carbocycles. The summed E-state index contributed by atoms with van der Waals surface area (Å²) in [6, 6.07) is 11.0. The summed E-state index contributed by atoms with van der Waals surface area (Å²) in [6.07, 6.45) is 3.33. The van der Waals surface area contributed by atoms with Gasteiger partial charge < -0.3 is 20.8 Å². The Morgan fingerprint density at radius 3 is 2.51 bits per heavy atom. The zero-order chi connectivity index (χ0) is 23.9. The average molecular weight is 473 g/mol. The number of benzene rings is 1. The highest BCUT2D eigenvalue weighted by Crippen LogP contribution is 2.23. The lowest BCUT2D eigenvalue weighted by atomic mass is 10.1. The van der Waals surface area contributed by atoms with Crippen LogP contribution in [0.25, 0.3) is 28.3 Å². The minimum Gasteiger partial charge on any atom is -0.461 e. The summed E-state index contributed by atoms with van der Waals surface area (Å²) < 4.78 is 8.79. The van der Waals surface area contributed by atoms with Crippen molar-refractivity contribution in [1.82, 2.24) is 34.3 Å². The van der Waals surface area contributed by atoms with Crippen molar-refractivity contribution in [2.24, 2.45) is 5.73 Å². The van der Waals surface area contributed by atoms with Crippen molar-refractivity contribution in [2.75, 3.05) is 43.4 Å². The zero-order valence-electron chi connectivity index (χ0n) is 18.9. The molecule has 12 nitrogen and oxygen atoms in total. The second kappa shape index (κ2) is 8.40. The van der Waals surface area contributed by atoms with Crippen LogP contribution in [0.2, 0.25) is 0 Å². The normalized spacial score (nSPS) is 14.8. The predicted molar refractivity (Wildman–Crippen MR) is 130 cm³/mol. The van der Waals surface area contributed by atoms with Gasteiger partial charge in [0.15, 0.2) is 17.1 Å². The number of carbonyl (C=O) groups is 1. The number of fused-ring (bicyclic) bond motifs is 3. The Morgan fingerprint density at radius 2 is 1.80 bits per heavy atom. The van der Waals surface area contributed by atoms with Gasteiger partial charge in [0.25, 0.3) is 0 Å². The number of furan rings is 1. The minimum absolute atomic E-state index is 0.246. The van der Waals surface area contributed by atoms with Gasteiger partial charge in [-0.15, -0.1) is 5.10 Å². The van der Waals surface area contributed by atoms with Crippen molar-refractivity contribution in [3.8, 4) is 11.6 Å². The molecule has 178 valence electrons. The van der Waals surface area contributed by atoms with Gasteiger partial charge >= 0.3 is 0 Å². The minimum atomic E-state index is -0.411. The van der Waals surface area contributed by atoms with Crippen molar-refractivity contribution in [3.63, 3.8) is 0 Å². The first-order valence-electron chi connectivity index (χ1n) is 11.4. The maximum atomic E-state index is 11.3. The topological polar surface area (TPSA) is 150 Å². The standard InChI is InChI=1S/C23H24N10O2/c24-19(34)15-3-5-16(6-4-15)31-10-7-30(8-11-31)9-12-32-21-17(14-26-32)22-27-20(18-2-1-13-35-18)29-33(22)23(25)28-21/h1-6,13-14H,7-12H2,(H2,24,34)(H2,25,28). The molecule has 0 aliphatic carbocycles. The summed E-state index contributed by atoms with van der Waals surface area (Å²) in [5, 5.41) is 9.76. The molecule has 6 rings (SSSR count). The van der Waals surface area contributed by atoms with Crippen LogP contribution in [0.4, 0.5) is 11.6 Å². The lowest BCUT2D eigenvalue weighted by Gasteiger charge is -2.36. The molecule has 35 heavy (non-hydrogen) atoms. The Kier molecular flexibility index (Phi) is 5.07. The average Bonchev–Trinajstić information content (AvgIpc) is 3.63. The highest BCUT2D eigenvalue weighted by Gasteiger charge is 2.20. The fourth-order valence-corrected chi connectivity index (χ4v) is 4.43. The number of primary amides is 1. The lowest BCUT2D eigenvalue weighted by Crippen LogP contribution is -2.47. The molecule has 0 atom stereocenters. The Balaban J connectivity index is 1.14. The van der Waals surface area contributed by atoms with Gasteiger partial charge in [0.05, 0.1) is 24.4 Å².